The Bertz CT molecular complexity index is 1050. The van der Waals surface area contributed by atoms with Gasteiger partial charge < -0.3 is 15.0 Å². The van der Waals surface area contributed by atoms with Gasteiger partial charge in [-0.25, -0.2) is 12.7 Å². The van der Waals surface area contributed by atoms with Crippen LogP contribution in [0.2, 0.25) is 0 Å². The standard InChI is InChI=1S/C21H23N3O5S/c25-20(9-10-24-21(26)18-3-1-2-4-19(18)30(24,27)28)22-15-16-5-7-17(8-6-16)23-11-13-29-14-12-23/h1-8H,9-15H2,(H,22,25). The van der Waals surface area contributed by atoms with E-state index in [0.29, 0.717) is 6.54 Å². The Morgan fingerprint density at radius 1 is 1.03 bits per heavy atom. The number of amides is 2. The molecule has 0 saturated carbocycles. The first-order chi connectivity index (χ1) is 14.5. The van der Waals surface area contributed by atoms with Crippen LogP contribution in [0.25, 0.3) is 0 Å². The molecular weight excluding hydrogens is 406 g/mol. The van der Waals surface area contributed by atoms with E-state index in [1.165, 1.54) is 12.1 Å². The van der Waals surface area contributed by atoms with Crippen molar-refractivity contribution < 1.29 is 22.7 Å². The molecule has 2 amide bonds. The van der Waals surface area contributed by atoms with Gasteiger partial charge in [0, 0.05) is 38.3 Å². The fraction of sp³-hybridized carbons (Fsp3) is 0.333. The van der Waals surface area contributed by atoms with Crippen molar-refractivity contribution in [2.75, 3.05) is 37.7 Å². The molecular formula is C21H23N3O5S. The first kappa shape index (κ1) is 20.4. The van der Waals surface area contributed by atoms with Crippen molar-refractivity contribution in [3.63, 3.8) is 0 Å². The number of rotatable bonds is 6. The second-order valence-corrected chi connectivity index (χ2v) is 9.00. The Kier molecular flexibility index (Phi) is 5.74. The lowest BCUT2D eigenvalue weighted by Gasteiger charge is -2.28. The van der Waals surface area contributed by atoms with Gasteiger partial charge in [-0.15, -0.1) is 0 Å². The minimum Gasteiger partial charge on any atom is -0.378 e. The van der Waals surface area contributed by atoms with Crippen molar-refractivity contribution >= 4 is 27.5 Å². The van der Waals surface area contributed by atoms with E-state index < -0.39 is 15.9 Å². The zero-order valence-corrected chi connectivity index (χ0v) is 17.2. The van der Waals surface area contributed by atoms with E-state index in [9.17, 15) is 18.0 Å². The van der Waals surface area contributed by atoms with Crippen molar-refractivity contribution in [2.24, 2.45) is 0 Å². The Labute approximate surface area is 175 Å². The molecule has 2 aromatic rings. The zero-order valence-electron chi connectivity index (χ0n) is 16.4. The fourth-order valence-corrected chi connectivity index (χ4v) is 5.16. The number of hydrogen-bond donors (Lipinski definition) is 1. The molecule has 1 saturated heterocycles. The van der Waals surface area contributed by atoms with Gasteiger partial charge in [-0.05, 0) is 29.8 Å². The largest absolute Gasteiger partial charge is 0.378 e. The number of anilines is 1. The number of nitrogens with zero attached hydrogens (tertiary/aromatic N) is 2. The molecule has 30 heavy (non-hydrogen) atoms. The molecule has 2 heterocycles. The summed E-state index contributed by atoms with van der Waals surface area (Å²) in [6, 6.07) is 14.0. The van der Waals surface area contributed by atoms with Crippen molar-refractivity contribution in [1.29, 1.82) is 0 Å². The summed E-state index contributed by atoms with van der Waals surface area (Å²) in [5.41, 5.74) is 2.21. The quantitative estimate of drug-likeness (QED) is 0.745. The van der Waals surface area contributed by atoms with Crippen LogP contribution in [-0.4, -0.2) is 57.4 Å². The highest BCUT2D eigenvalue weighted by molar-refractivity contribution is 7.90. The van der Waals surface area contributed by atoms with Crippen LogP contribution in [0, 0.1) is 0 Å². The topological polar surface area (TPSA) is 96.0 Å². The van der Waals surface area contributed by atoms with Crippen molar-refractivity contribution in [3.05, 3.63) is 59.7 Å². The van der Waals surface area contributed by atoms with E-state index in [4.69, 9.17) is 4.74 Å². The van der Waals surface area contributed by atoms with Gasteiger partial charge in [0.25, 0.3) is 15.9 Å². The number of ether oxygens (including phenoxy) is 1. The molecule has 0 radical (unpaired) electrons. The maximum Gasteiger partial charge on any atom is 0.269 e. The molecule has 2 aliphatic heterocycles. The molecule has 2 aromatic carbocycles. The predicted molar refractivity (Wildman–Crippen MR) is 111 cm³/mol. The van der Waals surface area contributed by atoms with Crippen LogP contribution < -0.4 is 10.2 Å². The first-order valence-corrected chi connectivity index (χ1v) is 11.3. The molecule has 0 atom stereocenters. The summed E-state index contributed by atoms with van der Waals surface area (Å²) < 4.78 is 31.1. The number of carbonyl (C=O) groups excluding carboxylic acids is 2. The third-order valence-corrected chi connectivity index (χ3v) is 7.10. The second-order valence-electron chi connectivity index (χ2n) is 7.17. The smallest absolute Gasteiger partial charge is 0.269 e. The van der Waals surface area contributed by atoms with Crippen LogP contribution in [0.3, 0.4) is 0 Å². The Morgan fingerprint density at radius 3 is 2.43 bits per heavy atom. The highest BCUT2D eigenvalue weighted by atomic mass is 32.2. The molecule has 2 aliphatic rings. The molecule has 0 bridgehead atoms. The van der Waals surface area contributed by atoms with Gasteiger partial charge in [0.1, 0.15) is 4.90 Å². The van der Waals surface area contributed by atoms with Gasteiger partial charge in [-0.3, -0.25) is 9.59 Å². The SMILES string of the molecule is O=C(CCN1C(=O)c2ccccc2S1(=O)=O)NCc1ccc(N2CCOCC2)cc1. The number of hydrogen-bond acceptors (Lipinski definition) is 6. The molecule has 4 rings (SSSR count). The number of sulfonamides is 1. The predicted octanol–water partition coefficient (Wildman–Crippen LogP) is 1.37. The molecule has 158 valence electrons. The zero-order chi connectivity index (χ0) is 21.1. The number of benzene rings is 2. The van der Waals surface area contributed by atoms with Gasteiger partial charge in [0.2, 0.25) is 5.91 Å². The normalized spacial score (nSPS) is 17.7. The summed E-state index contributed by atoms with van der Waals surface area (Å²) in [5, 5.41) is 2.78. The molecule has 9 heteroatoms. The maximum atomic E-state index is 12.5. The number of carbonyl (C=O) groups is 2. The number of fused-ring (bicyclic) bond motifs is 1. The van der Waals surface area contributed by atoms with Crippen LogP contribution in [0.4, 0.5) is 5.69 Å². The van der Waals surface area contributed by atoms with E-state index in [0.717, 1.165) is 41.9 Å². The van der Waals surface area contributed by atoms with Crippen molar-refractivity contribution in [1.82, 2.24) is 9.62 Å². The summed E-state index contributed by atoms with van der Waals surface area (Å²) >= 11 is 0. The Balaban J connectivity index is 1.29. The van der Waals surface area contributed by atoms with Gasteiger partial charge in [0.05, 0.1) is 18.8 Å². The van der Waals surface area contributed by atoms with Gasteiger partial charge >= 0.3 is 0 Å². The summed E-state index contributed by atoms with van der Waals surface area (Å²) in [6.07, 6.45) is -0.0924. The summed E-state index contributed by atoms with van der Waals surface area (Å²) in [6.45, 7) is 3.31. The van der Waals surface area contributed by atoms with Gasteiger partial charge in [-0.2, -0.15) is 0 Å². The Morgan fingerprint density at radius 2 is 1.73 bits per heavy atom. The van der Waals surface area contributed by atoms with E-state index in [-0.39, 0.29) is 29.3 Å². The van der Waals surface area contributed by atoms with E-state index in [1.807, 2.05) is 24.3 Å². The number of morpholine rings is 1. The summed E-state index contributed by atoms with van der Waals surface area (Å²) in [5.74, 6) is -0.900. The third kappa shape index (κ3) is 4.03. The average molecular weight is 429 g/mol. The van der Waals surface area contributed by atoms with Crippen LogP contribution >= 0.6 is 0 Å². The molecule has 1 N–H and O–H groups in total. The first-order valence-electron chi connectivity index (χ1n) is 9.81. The van der Waals surface area contributed by atoms with E-state index >= 15 is 0 Å². The minimum atomic E-state index is -3.88. The Hall–Kier alpha value is -2.91. The molecule has 0 aliphatic carbocycles. The van der Waals surface area contributed by atoms with Crippen molar-refractivity contribution in [2.45, 2.75) is 17.9 Å². The fourth-order valence-electron chi connectivity index (χ4n) is 3.59. The van der Waals surface area contributed by atoms with E-state index in [1.54, 1.807) is 12.1 Å². The monoisotopic (exact) mass is 429 g/mol. The van der Waals surface area contributed by atoms with Gasteiger partial charge in [-0.1, -0.05) is 24.3 Å². The summed E-state index contributed by atoms with van der Waals surface area (Å²) in [4.78, 5) is 26.8. The number of nitrogens with one attached hydrogen (secondary N) is 1. The molecule has 1 fully saturated rings. The average Bonchev–Trinajstić information content (AvgIpc) is 2.97. The van der Waals surface area contributed by atoms with Crippen LogP contribution in [0.1, 0.15) is 22.3 Å². The van der Waals surface area contributed by atoms with Crippen molar-refractivity contribution in [3.8, 4) is 0 Å². The van der Waals surface area contributed by atoms with Crippen LogP contribution in [0.5, 0.6) is 0 Å². The molecule has 0 spiro atoms. The summed E-state index contributed by atoms with van der Waals surface area (Å²) in [7, 11) is -3.88. The van der Waals surface area contributed by atoms with Gasteiger partial charge in [0.15, 0.2) is 0 Å². The lowest BCUT2D eigenvalue weighted by Crippen LogP contribution is -2.36. The molecule has 0 aromatic heterocycles. The van der Waals surface area contributed by atoms with E-state index in [2.05, 4.69) is 10.2 Å². The lowest BCUT2D eigenvalue weighted by molar-refractivity contribution is -0.121. The maximum absolute atomic E-state index is 12.5. The van der Waals surface area contributed by atoms with Crippen LogP contribution in [-0.2, 0) is 26.1 Å². The highest BCUT2D eigenvalue weighted by Crippen LogP contribution is 2.29. The molecule has 0 unspecified atom stereocenters. The highest BCUT2D eigenvalue weighted by Gasteiger charge is 2.40. The lowest BCUT2D eigenvalue weighted by atomic mass is 10.2. The van der Waals surface area contributed by atoms with Crippen LogP contribution in [0.15, 0.2) is 53.4 Å². The third-order valence-electron chi connectivity index (χ3n) is 5.26. The minimum absolute atomic E-state index is 0.00392. The molecule has 8 nitrogen and oxygen atoms in total. The second kappa shape index (κ2) is 8.45.